The molecule has 0 fully saturated rings. The van der Waals surface area contributed by atoms with Gasteiger partial charge in [0.05, 0.1) is 0 Å². The lowest BCUT2D eigenvalue weighted by molar-refractivity contribution is 0.798. The zero-order valence-electron chi connectivity index (χ0n) is 6.70. The molecule has 0 rings (SSSR count). The minimum atomic E-state index is 1.05. The first kappa shape index (κ1) is 8.70. The van der Waals surface area contributed by atoms with E-state index in [-0.39, 0.29) is 0 Å². The second-order valence-corrected chi connectivity index (χ2v) is 2.23. The average molecular weight is 127 g/mol. The maximum absolute atomic E-state index is 3.14. The lowest BCUT2D eigenvalue weighted by Gasteiger charge is -2.02. The Labute approximate surface area is 58.2 Å². The molecule has 0 atom stereocenters. The molecule has 0 radical (unpaired) electrons. The Hall–Kier alpha value is -0.300. The van der Waals surface area contributed by atoms with Crippen LogP contribution in [0.3, 0.4) is 0 Å². The van der Waals surface area contributed by atoms with Crippen LogP contribution in [0.5, 0.6) is 0 Å². The molecule has 54 valence electrons. The number of hydrogen-bond donors (Lipinski definition) is 1. The van der Waals surface area contributed by atoms with Crippen molar-refractivity contribution in [2.24, 2.45) is 0 Å². The summed E-state index contributed by atoms with van der Waals surface area (Å²) in [4.78, 5) is 0. The van der Waals surface area contributed by atoms with Crippen LogP contribution in [0.1, 0.15) is 26.7 Å². The van der Waals surface area contributed by atoms with Gasteiger partial charge in [-0.2, -0.15) is 0 Å². The monoisotopic (exact) mass is 127 g/mol. The van der Waals surface area contributed by atoms with Gasteiger partial charge in [0.25, 0.3) is 0 Å². The molecule has 0 aliphatic carbocycles. The molecule has 0 aromatic carbocycles. The normalized spacial score (nSPS) is 12.1. The van der Waals surface area contributed by atoms with Gasteiger partial charge in [-0.05, 0) is 20.4 Å². The van der Waals surface area contributed by atoms with Gasteiger partial charge < -0.3 is 5.32 Å². The van der Waals surface area contributed by atoms with Crippen LogP contribution in [-0.4, -0.2) is 13.6 Å². The molecule has 9 heavy (non-hydrogen) atoms. The predicted octanol–water partition coefficient (Wildman–Crippen LogP) is 1.95. The lowest BCUT2D eigenvalue weighted by atomic mass is 10.1. The van der Waals surface area contributed by atoms with E-state index in [0.717, 1.165) is 6.54 Å². The molecule has 0 heterocycles. The minimum Gasteiger partial charge on any atom is -0.316 e. The van der Waals surface area contributed by atoms with Crippen LogP contribution in [-0.2, 0) is 0 Å². The highest BCUT2D eigenvalue weighted by Crippen LogP contribution is 2.01. The summed E-state index contributed by atoms with van der Waals surface area (Å²) < 4.78 is 0. The van der Waals surface area contributed by atoms with Crippen molar-refractivity contribution in [2.45, 2.75) is 26.7 Å². The minimum absolute atomic E-state index is 1.05. The van der Waals surface area contributed by atoms with E-state index in [1.165, 1.54) is 18.4 Å². The first-order chi connectivity index (χ1) is 4.35. The van der Waals surface area contributed by atoms with Crippen molar-refractivity contribution in [3.8, 4) is 0 Å². The van der Waals surface area contributed by atoms with E-state index in [0.29, 0.717) is 0 Å². The van der Waals surface area contributed by atoms with Gasteiger partial charge in [0.2, 0.25) is 0 Å². The molecule has 0 aromatic heterocycles. The highest BCUT2D eigenvalue weighted by Gasteiger charge is 1.89. The van der Waals surface area contributed by atoms with Crippen LogP contribution in [0.4, 0.5) is 0 Å². The van der Waals surface area contributed by atoms with Crippen LogP contribution >= 0.6 is 0 Å². The molecule has 0 aliphatic rings. The van der Waals surface area contributed by atoms with Gasteiger partial charge in [-0.3, -0.25) is 0 Å². The number of hydrogen-bond acceptors (Lipinski definition) is 1. The van der Waals surface area contributed by atoms with Gasteiger partial charge in [-0.1, -0.05) is 25.0 Å². The molecule has 0 bridgehead atoms. The Kier molecular flexibility index (Phi) is 5.64. The Morgan fingerprint density at radius 1 is 1.56 bits per heavy atom. The lowest BCUT2D eigenvalue weighted by Crippen LogP contribution is -2.09. The molecular formula is C8H17N. The molecule has 0 spiro atoms. The predicted molar refractivity (Wildman–Crippen MR) is 42.6 cm³/mol. The Balaban J connectivity index is 3.43. The molecule has 0 saturated heterocycles. The summed E-state index contributed by atoms with van der Waals surface area (Å²) in [5.74, 6) is 0. The van der Waals surface area contributed by atoms with Crippen LogP contribution in [0, 0.1) is 0 Å². The van der Waals surface area contributed by atoms with E-state index in [9.17, 15) is 0 Å². The van der Waals surface area contributed by atoms with Crippen molar-refractivity contribution in [1.29, 1.82) is 0 Å². The van der Waals surface area contributed by atoms with Crippen molar-refractivity contribution in [3.05, 3.63) is 11.6 Å². The highest BCUT2D eigenvalue weighted by atomic mass is 14.8. The van der Waals surface area contributed by atoms with Crippen LogP contribution < -0.4 is 5.32 Å². The summed E-state index contributed by atoms with van der Waals surface area (Å²) in [5.41, 5.74) is 1.51. The van der Waals surface area contributed by atoms with E-state index in [2.05, 4.69) is 25.2 Å². The Bertz CT molecular complexity index is 76.6. The molecule has 1 heteroatoms. The fraction of sp³-hybridized carbons (Fsp3) is 0.750. The summed E-state index contributed by atoms with van der Waals surface area (Å²) >= 11 is 0. The quantitative estimate of drug-likeness (QED) is 0.569. The van der Waals surface area contributed by atoms with Crippen LogP contribution in [0.15, 0.2) is 11.6 Å². The molecule has 0 aliphatic heterocycles. The molecule has 0 aromatic rings. The maximum atomic E-state index is 3.14. The molecular weight excluding hydrogens is 110 g/mol. The number of nitrogens with one attached hydrogen (secondary N) is 1. The van der Waals surface area contributed by atoms with Crippen molar-refractivity contribution in [2.75, 3.05) is 13.6 Å². The van der Waals surface area contributed by atoms with Gasteiger partial charge in [0.15, 0.2) is 0 Å². The van der Waals surface area contributed by atoms with Gasteiger partial charge in [-0.15, -0.1) is 0 Å². The smallest absolute Gasteiger partial charge is 0.0161 e. The zero-order chi connectivity index (χ0) is 7.11. The third-order valence-electron chi connectivity index (χ3n) is 1.38. The summed E-state index contributed by atoms with van der Waals surface area (Å²) in [6, 6.07) is 0. The summed E-state index contributed by atoms with van der Waals surface area (Å²) in [5, 5.41) is 3.14. The van der Waals surface area contributed by atoms with Gasteiger partial charge in [-0.25, -0.2) is 0 Å². The fourth-order valence-corrected chi connectivity index (χ4v) is 0.883. The Morgan fingerprint density at radius 2 is 2.22 bits per heavy atom. The SMILES string of the molecule is C/C=C(/CCC)CNC. The van der Waals surface area contributed by atoms with E-state index >= 15 is 0 Å². The third kappa shape index (κ3) is 4.22. The van der Waals surface area contributed by atoms with E-state index < -0.39 is 0 Å². The van der Waals surface area contributed by atoms with E-state index in [4.69, 9.17) is 0 Å². The number of rotatable bonds is 4. The Morgan fingerprint density at radius 3 is 2.56 bits per heavy atom. The second-order valence-electron chi connectivity index (χ2n) is 2.23. The summed E-state index contributed by atoms with van der Waals surface area (Å²) in [6.45, 7) is 5.35. The molecule has 0 saturated carbocycles. The van der Waals surface area contributed by atoms with E-state index in [1.54, 1.807) is 0 Å². The molecule has 0 amide bonds. The number of allylic oxidation sites excluding steroid dienone is 1. The topological polar surface area (TPSA) is 12.0 Å². The summed E-state index contributed by atoms with van der Waals surface area (Å²) in [6.07, 6.45) is 4.68. The van der Waals surface area contributed by atoms with E-state index in [1.807, 2.05) is 7.05 Å². The highest BCUT2D eigenvalue weighted by molar-refractivity contribution is 5.01. The van der Waals surface area contributed by atoms with Gasteiger partial charge >= 0.3 is 0 Å². The van der Waals surface area contributed by atoms with Crippen molar-refractivity contribution >= 4 is 0 Å². The van der Waals surface area contributed by atoms with Crippen molar-refractivity contribution in [1.82, 2.24) is 5.32 Å². The standard InChI is InChI=1S/C8H17N/c1-4-6-8(5-2)7-9-3/h5,9H,4,6-7H2,1-3H3/b8-5-. The van der Waals surface area contributed by atoms with Gasteiger partial charge in [0, 0.05) is 6.54 Å². The molecule has 1 N–H and O–H groups in total. The fourth-order valence-electron chi connectivity index (χ4n) is 0.883. The number of likely N-dealkylation sites (N-methyl/N-ethyl adjacent to an activating group) is 1. The van der Waals surface area contributed by atoms with Crippen molar-refractivity contribution < 1.29 is 0 Å². The first-order valence-electron chi connectivity index (χ1n) is 3.63. The van der Waals surface area contributed by atoms with Crippen molar-refractivity contribution in [3.63, 3.8) is 0 Å². The van der Waals surface area contributed by atoms with Crippen LogP contribution in [0.25, 0.3) is 0 Å². The largest absolute Gasteiger partial charge is 0.316 e. The second kappa shape index (κ2) is 5.83. The summed E-state index contributed by atoms with van der Waals surface area (Å²) in [7, 11) is 1.99. The average Bonchev–Trinajstić information content (AvgIpc) is 1.88. The maximum Gasteiger partial charge on any atom is 0.0161 e. The molecule has 1 nitrogen and oxygen atoms in total. The molecule has 0 unspecified atom stereocenters. The zero-order valence-corrected chi connectivity index (χ0v) is 6.70. The van der Waals surface area contributed by atoms with Gasteiger partial charge in [0.1, 0.15) is 0 Å². The first-order valence-corrected chi connectivity index (χ1v) is 3.63. The third-order valence-corrected chi connectivity index (χ3v) is 1.38. The van der Waals surface area contributed by atoms with Crippen LogP contribution in [0.2, 0.25) is 0 Å².